The summed E-state index contributed by atoms with van der Waals surface area (Å²) in [6.07, 6.45) is 4.13. The molecule has 0 bridgehead atoms. The van der Waals surface area contributed by atoms with Crippen molar-refractivity contribution in [3.63, 3.8) is 0 Å². The Morgan fingerprint density at radius 3 is 2.85 bits per heavy atom. The number of nitrogens with one attached hydrogen (secondary N) is 2. The Morgan fingerprint density at radius 1 is 1.35 bits per heavy atom. The fraction of sp³-hybridized carbons (Fsp3) is 1.00. The van der Waals surface area contributed by atoms with Crippen LogP contribution in [0.4, 0.5) is 0 Å². The molecule has 2 N–H and O–H groups in total. The molecule has 1 atom stereocenters. The number of unbranched alkanes of at least 4 members (excludes halogenated alkanes) is 1. The molecular weight excluding hydrogens is 278 g/mol. The molecule has 1 aliphatic heterocycles. The van der Waals surface area contributed by atoms with Crippen LogP contribution in [0.25, 0.3) is 0 Å². The van der Waals surface area contributed by atoms with E-state index >= 15 is 0 Å². The standard InChI is InChI=1S/C13H29N3O3S/c1-3-4-9-19-10-7-15-20(17,18)16-8-5-6-13(12-16)11-14-2/h13-15H,3-12H2,1-2H3. The first-order valence-corrected chi connectivity index (χ1v) is 9.01. The fourth-order valence-electron chi connectivity index (χ4n) is 2.38. The average Bonchev–Trinajstić information content (AvgIpc) is 2.43. The Balaban J connectivity index is 2.28. The minimum absolute atomic E-state index is 0.346. The molecule has 0 aromatic rings. The summed E-state index contributed by atoms with van der Waals surface area (Å²) in [4.78, 5) is 0. The van der Waals surface area contributed by atoms with Gasteiger partial charge in [-0.1, -0.05) is 13.3 Å². The molecule has 0 radical (unpaired) electrons. The summed E-state index contributed by atoms with van der Waals surface area (Å²) in [7, 11) is -1.45. The van der Waals surface area contributed by atoms with Crippen molar-refractivity contribution in [3.05, 3.63) is 0 Å². The number of hydrogen-bond acceptors (Lipinski definition) is 4. The normalized spacial score (nSPS) is 21.2. The second-order valence-electron chi connectivity index (χ2n) is 5.29. The minimum atomic E-state index is -3.35. The molecule has 0 amide bonds. The Hall–Kier alpha value is -0.210. The summed E-state index contributed by atoms with van der Waals surface area (Å²) in [5, 5.41) is 3.12. The van der Waals surface area contributed by atoms with Crippen molar-refractivity contribution in [3.8, 4) is 0 Å². The van der Waals surface area contributed by atoms with Crippen LogP contribution in [0.3, 0.4) is 0 Å². The molecular formula is C13H29N3O3S. The van der Waals surface area contributed by atoms with Crippen LogP contribution >= 0.6 is 0 Å². The summed E-state index contributed by atoms with van der Waals surface area (Å²) in [5.41, 5.74) is 0. The van der Waals surface area contributed by atoms with Crippen LogP contribution in [0.1, 0.15) is 32.6 Å². The summed E-state index contributed by atoms with van der Waals surface area (Å²) in [6.45, 7) is 5.67. The van der Waals surface area contributed by atoms with Crippen LogP contribution in [0.2, 0.25) is 0 Å². The Kier molecular flexibility index (Phi) is 8.63. The highest BCUT2D eigenvalue weighted by Crippen LogP contribution is 2.17. The zero-order valence-electron chi connectivity index (χ0n) is 12.7. The minimum Gasteiger partial charge on any atom is -0.380 e. The molecule has 1 unspecified atom stereocenters. The smallest absolute Gasteiger partial charge is 0.279 e. The number of piperidine rings is 1. The predicted octanol–water partition coefficient (Wildman–Crippen LogP) is 0.569. The fourth-order valence-corrected chi connectivity index (χ4v) is 3.68. The monoisotopic (exact) mass is 307 g/mol. The molecule has 0 aliphatic carbocycles. The maximum atomic E-state index is 12.2. The summed E-state index contributed by atoms with van der Waals surface area (Å²) >= 11 is 0. The van der Waals surface area contributed by atoms with E-state index in [2.05, 4.69) is 17.0 Å². The zero-order chi connectivity index (χ0) is 14.8. The Bertz CT molecular complexity index is 347. The van der Waals surface area contributed by atoms with Gasteiger partial charge in [0.1, 0.15) is 0 Å². The SMILES string of the molecule is CCCCOCCNS(=O)(=O)N1CCCC(CNC)C1. The molecule has 1 saturated heterocycles. The van der Waals surface area contributed by atoms with E-state index < -0.39 is 10.2 Å². The lowest BCUT2D eigenvalue weighted by Crippen LogP contribution is -2.48. The van der Waals surface area contributed by atoms with Gasteiger partial charge in [-0.25, -0.2) is 0 Å². The van der Waals surface area contributed by atoms with Crippen molar-refractivity contribution >= 4 is 10.2 Å². The van der Waals surface area contributed by atoms with Gasteiger partial charge in [0, 0.05) is 26.2 Å². The number of hydrogen-bond donors (Lipinski definition) is 2. The second-order valence-corrected chi connectivity index (χ2v) is 7.04. The Morgan fingerprint density at radius 2 is 2.15 bits per heavy atom. The van der Waals surface area contributed by atoms with Crippen LogP contribution < -0.4 is 10.0 Å². The van der Waals surface area contributed by atoms with Crippen molar-refractivity contribution in [1.29, 1.82) is 0 Å². The summed E-state index contributed by atoms with van der Waals surface area (Å²) in [6, 6.07) is 0. The van der Waals surface area contributed by atoms with Gasteiger partial charge in [0.2, 0.25) is 0 Å². The van der Waals surface area contributed by atoms with Gasteiger partial charge in [0.15, 0.2) is 0 Å². The second kappa shape index (κ2) is 9.68. The lowest BCUT2D eigenvalue weighted by atomic mass is 10.00. The maximum absolute atomic E-state index is 12.2. The molecule has 20 heavy (non-hydrogen) atoms. The number of rotatable bonds is 10. The average molecular weight is 307 g/mol. The van der Waals surface area contributed by atoms with E-state index in [-0.39, 0.29) is 0 Å². The molecule has 7 heteroatoms. The molecule has 1 fully saturated rings. The van der Waals surface area contributed by atoms with Gasteiger partial charge in [0.25, 0.3) is 10.2 Å². The first-order valence-electron chi connectivity index (χ1n) is 7.57. The molecule has 1 heterocycles. The molecule has 1 rings (SSSR count). The van der Waals surface area contributed by atoms with Gasteiger partial charge in [-0.3, -0.25) is 0 Å². The third-order valence-electron chi connectivity index (χ3n) is 3.49. The lowest BCUT2D eigenvalue weighted by Gasteiger charge is -2.31. The number of nitrogens with zero attached hydrogens (tertiary/aromatic N) is 1. The molecule has 6 nitrogen and oxygen atoms in total. The third-order valence-corrected chi connectivity index (χ3v) is 5.07. The van der Waals surface area contributed by atoms with E-state index in [0.717, 1.165) is 32.2 Å². The van der Waals surface area contributed by atoms with Gasteiger partial charge in [-0.05, 0) is 38.8 Å². The van der Waals surface area contributed by atoms with E-state index in [1.165, 1.54) is 0 Å². The van der Waals surface area contributed by atoms with Crippen molar-refractivity contribution in [2.75, 3.05) is 46.4 Å². The van der Waals surface area contributed by atoms with E-state index in [9.17, 15) is 8.42 Å². The summed E-state index contributed by atoms with van der Waals surface area (Å²) in [5.74, 6) is 0.408. The van der Waals surface area contributed by atoms with Gasteiger partial charge >= 0.3 is 0 Å². The first kappa shape index (κ1) is 17.8. The van der Waals surface area contributed by atoms with Crippen molar-refractivity contribution in [2.45, 2.75) is 32.6 Å². The maximum Gasteiger partial charge on any atom is 0.279 e. The first-order chi connectivity index (χ1) is 9.60. The molecule has 0 aromatic carbocycles. The van der Waals surface area contributed by atoms with Crippen molar-refractivity contribution < 1.29 is 13.2 Å². The summed E-state index contributed by atoms with van der Waals surface area (Å²) < 4.78 is 33.9. The van der Waals surface area contributed by atoms with Gasteiger partial charge < -0.3 is 10.1 Å². The third kappa shape index (κ3) is 6.49. The largest absolute Gasteiger partial charge is 0.380 e. The molecule has 0 spiro atoms. The van der Waals surface area contributed by atoms with E-state index in [1.807, 2.05) is 7.05 Å². The highest BCUT2D eigenvalue weighted by molar-refractivity contribution is 7.87. The van der Waals surface area contributed by atoms with Gasteiger partial charge in [-0.2, -0.15) is 17.4 Å². The molecule has 0 aromatic heterocycles. The van der Waals surface area contributed by atoms with Crippen molar-refractivity contribution in [2.24, 2.45) is 5.92 Å². The topological polar surface area (TPSA) is 70.7 Å². The van der Waals surface area contributed by atoms with Crippen LogP contribution in [0, 0.1) is 5.92 Å². The van der Waals surface area contributed by atoms with E-state index in [1.54, 1.807) is 4.31 Å². The van der Waals surface area contributed by atoms with Gasteiger partial charge in [0.05, 0.1) is 6.61 Å². The molecule has 120 valence electrons. The van der Waals surface area contributed by atoms with Crippen molar-refractivity contribution in [1.82, 2.24) is 14.3 Å². The predicted molar refractivity (Wildman–Crippen MR) is 80.9 cm³/mol. The van der Waals surface area contributed by atoms with E-state index in [4.69, 9.17) is 4.74 Å². The van der Waals surface area contributed by atoms with Crippen LogP contribution in [-0.4, -0.2) is 59.2 Å². The van der Waals surface area contributed by atoms with Crippen LogP contribution in [0.15, 0.2) is 0 Å². The number of ether oxygens (including phenoxy) is 1. The highest BCUT2D eigenvalue weighted by Gasteiger charge is 2.27. The van der Waals surface area contributed by atoms with Crippen LogP contribution in [-0.2, 0) is 14.9 Å². The lowest BCUT2D eigenvalue weighted by molar-refractivity contribution is 0.136. The zero-order valence-corrected chi connectivity index (χ0v) is 13.5. The Labute approximate surface area is 123 Å². The molecule has 0 saturated carbocycles. The quantitative estimate of drug-likeness (QED) is 0.579. The van der Waals surface area contributed by atoms with Crippen LogP contribution in [0.5, 0.6) is 0 Å². The highest BCUT2D eigenvalue weighted by atomic mass is 32.2. The van der Waals surface area contributed by atoms with E-state index in [0.29, 0.717) is 38.8 Å². The van der Waals surface area contributed by atoms with Gasteiger partial charge in [-0.15, -0.1) is 0 Å². The molecule has 1 aliphatic rings.